The molecule has 5 rings (SSSR count). The van der Waals surface area contributed by atoms with Crippen molar-refractivity contribution >= 4 is 38.7 Å². The summed E-state index contributed by atoms with van der Waals surface area (Å²) in [6.07, 6.45) is 2.67. The highest BCUT2D eigenvalue weighted by Gasteiger charge is 2.43. The third kappa shape index (κ3) is 3.52. The molecule has 4 heterocycles. The number of sulfonamides is 1. The number of carbonyl (C=O) groups excluding carboxylic acids is 1. The number of ether oxygens (including phenoxy) is 2. The zero-order valence-corrected chi connectivity index (χ0v) is 18.2. The molecule has 1 spiro atoms. The molecule has 162 valence electrons. The van der Waals surface area contributed by atoms with Crippen LogP contribution in [-0.2, 0) is 24.3 Å². The Bertz CT molecular complexity index is 1040. The Morgan fingerprint density at radius 3 is 2.67 bits per heavy atom. The quantitative estimate of drug-likeness (QED) is 0.695. The average Bonchev–Trinajstić information content (AvgIpc) is 3.43. The van der Waals surface area contributed by atoms with Gasteiger partial charge in [0.1, 0.15) is 15.9 Å². The zero-order chi connectivity index (χ0) is 20.8. The van der Waals surface area contributed by atoms with Gasteiger partial charge in [0, 0.05) is 39.0 Å². The molecule has 0 N–H and O–H groups in total. The van der Waals surface area contributed by atoms with E-state index in [2.05, 4.69) is 8.75 Å². The maximum atomic E-state index is 13.3. The fraction of sp³-hybridized carbons (Fsp3) is 0.632. The number of nitrogens with zero attached hydrogens (tertiary/aromatic N) is 4. The van der Waals surface area contributed by atoms with E-state index in [1.54, 1.807) is 18.2 Å². The van der Waals surface area contributed by atoms with Gasteiger partial charge in [-0.25, -0.2) is 8.42 Å². The van der Waals surface area contributed by atoms with Crippen LogP contribution in [0.2, 0.25) is 0 Å². The lowest BCUT2D eigenvalue weighted by molar-refractivity contribution is -0.188. The van der Waals surface area contributed by atoms with Crippen LogP contribution in [0.1, 0.15) is 25.7 Å². The molecule has 0 bridgehead atoms. The first-order valence-corrected chi connectivity index (χ1v) is 12.4. The van der Waals surface area contributed by atoms with Crippen LogP contribution in [-0.4, -0.2) is 77.5 Å². The van der Waals surface area contributed by atoms with Gasteiger partial charge in [-0.15, -0.1) is 0 Å². The number of hydrogen-bond acceptors (Lipinski definition) is 8. The molecular formula is C19H24N4O5S2. The zero-order valence-electron chi connectivity index (χ0n) is 16.5. The lowest BCUT2D eigenvalue weighted by atomic mass is 9.96. The van der Waals surface area contributed by atoms with E-state index in [4.69, 9.17) is 9.47 Å². The summed E-state index contributed by atoms with van der Waals surface area (Å²) in [5.41, 5.74) is 0.971. The first kappa shape index (κ1) is 20.3. The number of carbonyl (C=O) groups is 1. The van der Waals surface area contributed by atoms with E-state index in [0.717, 1.165) is 11.7 Å². The van der Waals surface area contributed by atoms with E-state index in [-0.39, 0.29) is 23.3 Å². The van der Waals surface area contributed by atoms with E-state index >= 15 is 0 Å². The molecule has 1 amide bonds. The van der Waals surface area contributed by atoms with Crippen molar-refractivity contribution < 1.29 is 22.7 Å². The summed E-state index contributed by atoms with van der Waals surface area (Å²) in [5.74, 6) is -0.837. The molecule has 3 fully saturated rings. The molecule has 0 unspecified atom stereocenters. The smallest absolute Gasteiger partial charge is 0.245 e. The van der Waals surface area contributed by atoms with Gasteiger partial charge in [0.15, 0.2) is 5.79 Å². The van der Waals surface area contributed by atoms with E-state index < -0.39 is 15.8 Å². The number of benzene rings is 1. The van der Waals surface area contributed by atoms with Crippen molar-refractivity contribution in [1.29, 1.82) is 0 Å². The lowest BCUT2D eigenvalue weighted by Gasteiger charge is -2.40. The number of rotatable bonds is 3. The van der Waals surface area contributed by atoms with Crippen molar-refractivity contribution in [3.8, 4) is 0 Å². The molecule has 3 aliphatic rings. The van der Waals surface area contributed by atoms with Gasteiger partial charge in [-0.3, -0.25) is 4.79 Å². The Balaban J connectivity index is 1.30. The molecule has 3 saturated heterocycles. The second-order valence-electron chi connectivity index (χ2n) is 8.02. The molecule has 1 aromatic carbocycles. The van der Waals surface area contributed by atoms with Crippen LogP contribution >= 0.6 is 11.7 Å². The summed E-state index contributed by atoms with van der Waals surface area (Å²) >= 11 is 0.998. The van der Waals surface area contributed by atoms with Crippen molar-refractivity contribution in [2.45, 2.75) is 36.4 Å². The van der Waals surface area contributed by atoms with Gasteiger partial charge in [0.2, 0.25) is 15.9 Å². The molecule has 2 aromatic rings. The van der Waals surface area contributed by atoms with E-state index in [0.29, 0.717) is 69.6 Å². The Morgan fingerprint density at radius 1 is 1.13 bits per heavy atom. The molecule has 0 aliphatic carbocycles. The number of amides is 1. The predicted molar refractivity (Wildman–Crippen MR) is 109 cm³/mol. The second-order valence-corrected chi connectivity index (χ2v) is 10.5. The van der Waals surface area contributed by atoms with Crippen molar-refractivity contribution in [1.82, 2.24) is 18.0 Å². The van der Waals surface area contributed by atoms with Gasteiger partial charge < -0.3 is 14.4 Å². The molecule has 30 heavy (non-hydrogen) atoms. The highest BCUT2D eigenvalue weighted by molar-refractivity contribution is 7.89. The van der Waals surface area contributed by atoms with Gasteiger partial charge in [0.25, 0.3) is 0 Å². The summed E-state index contributed by atoms with van der Waals surface area (Å²) in [6, 6.07) is 5.00. The minimum Gasteiger partial charge on any atom is -0.347 e. The normalized spacial score (nSPS) is 25.2. The van der Waals surface area contributed by atoms with Crippen LogP contribution in [0.4, 0.5) is 0 Å². The Hall–Kier alpha value is -1.66. The van der Waals surface area contributed by atoms with Gasteiger partial charge in [-0.2, -0.15) is 13.1 Å². The predicted octanol–water partition coefficient (Wildman–Crippen LogP) is 1.46. The van der Waals surface area contributed by atoms with Crippen molar-refractivity contribution in [3.63, 3.8) is 0 Å². The second kappa shape index (κ2) is 7.79. The SMILES string of the molecule is O=C([C@H]1CCCN(S(=O)(=O)c2cccc3nsnc23)C1)N1CCC2(CC1)OCCO2. The Kier molecular flexibility index (Phi) is 5.26. The number of fused-ring (bicyclic) bond motifs is 1. The van der Waals surface area contributed by atoms with Crippen LogP contribution in [0.3, 0.4) is 0 Å². The summed E-state index contributed by atoms with van der Waals surface area (Å²) in [6.45, 7) is 2.96. The monoisotopic (exact) mass is 452 g/mol. The fourth-order valence-electron chi connectivity index (χ4n) is 4.60. The molecule has 11 heteroatoms. The van der Waals surface area contributed by atoms with Gasteiger partial charge in [0.05, 0.1) is 30.9 Å². The van der Waals surface area contributed by atoms with Crippen LogP contribution in [0.15, 0.2) is 23.1 Å². The molecular weight excluding hydrogens is 428 g/mol. The number of hydrogen-bond donors (Lipinski definition) is 0. The molecule has 3 aliphatic heterocycles. The summed E-state index contributed by atoms with van der Waals surface area (Å²) in [7, 11) is -3.75. The molecule has 1 atom stereocenters. The number of aromatic nitrogens is 2. The fourth-order valence-corrected chi connectivity index (χ4v) is 6.88. The van der Waals surface area contributed by atoms with Crippen LogP contribution < -0.4 is 0 Å². The maximum absolute atomic E-state index is 13.3. The first-order chi connectivity index (χ1) is 14.5. The Morgan fingerprint density at radius 2 is 1.90 bits per heavy atom. The minimum absolute atomic E-state index is 0.0243. The molecule has 9 nitrogen and oxygen atoms in total. The van der Waals surface area contributed by atoms with Gasteiger partial charge >= 0.3 is 0 Å². The average molecular weight is 453 g/mol. The minimum atomic E-state index is -3.75. The highest BCUT2D eigenvalue weighted by atomic mass is 32.2. The van der Waals surface area contributed by atoms with Gasteiger partial charge in [-0.05, 0) is 25.0 Å². The largest absolute Gasteiger partial charge is 0.347 e. The van der Waals surface area contributed by atoms with E-state index in [9.17, 15) is 13.2 Å². The highest BCUT2D eigenvalue weighted by Crippen LogP contribution is 2.33. The maximum Gasteiger partial charge on any atom is 0.245 e. The number of piperidine rings is 2. The number of likely N-dealkylation sites (tertiary alicyclic amines) is 1. The molecule has 0 radical (unpaired) electrons. The summed E-state index contributed by atoms with van der Waals surface area (Å²) in [4.78, 5) is 15.1. The molecule has 0 saturated carbocycles. The van der Waals surface area contributed by atoms with Crippen LogP contribution in [0, 0.1) is 5.92 Å². The van der Waals surface area contributed by atoms with E-state index in [1.165, 1.54) is 4.31 Å². The third-order valence-corrected chi connectivity index (χ3v) is 8.69. The summed E-state index contributed by atoms with van der Waals surface area (Å²) in [5, 5.41) is 0. The van der Waals surface area contributed by atoms with Crippen LogP contribution in [0.25, 0.3) is 11.0 Å². The van der Waals surface area contributed by atoms with Crippen molar-refractivity contribution in [3.05, 3.63) is 18.2 Å². The van der Waals surface area contributed by atoms with Crippen molar-refractivity contribution in [2.75, 3.05) is 39.4 Å². The standard InChI is InChI=1S/C19H24N4O5S2/c24-18(22-9-6-19(7-10-22)27-11-12-28-19)14-3-2-8-23(13-14)30(25,26)16-5-1-4-15-17(16)21-29-20-15/h1,4-5,14H,2-3,6-13H2/t14-/m0/s1. The Labute approximate surface area is 179 Å². The third-order valence-electron chi connectivity index (χ3n) is 6.25. The van der Waals surface area contributed by atoms with E-state index in [1.807, 2.05) is 4.90 Å². The van der Waals surface area contributed by atoms with Gasteiger partial charge in [-0.1, -0.05) is 6.07 Å². The first-order valence-electron chi connectivity index (χ1n) is 10.3. The molecule has 1 aromatic heterocycles. The van der Waals surface area contributed by atoms with Crippen molar-refractivity contribution in [2.24, 2.45) is 5.92 Å². The summed E-state index contributed by atoms with van der Waals surface area (Å²) < 4.78 is 47.8. The lowest BCUT2D eigenvalue weighted by Crippen LogP contribution is -2.51. The topological polar surface area (TPSA) is 102 Å². The van der Waals surface area contributed by atoms with Crippen LogP contribution in [0.5, 0.6) is 0 Å².